The fourth-order valence-corrected chi connectivity index (χ4v) is 9.01. The van der Waals surface area contributed by atoms with E-state index in [9.17, 15) is 18.0 Å². The Morgan fingerprint density at radius 2 is 1.82 bits per heavy atom. The number of fused-ring (bicyclic) bond motifs is 6. The van der Waals surface area contributed by atoms with Crippen LogP contribution in [0, 0.1) is 34.5 Å². The van der Waals surface area contributed by atoms with Crippen LogP contribution in [0.2, 0.25) is 0 Å². The van der Waals surface area contributed by atoms with Gasteiger partial charge in [0.1, 0.15) is 5.78 Å². The van der Waals surface area contributed by atoms with Gasteiger partial charge < -0.3 is 0 Å². The Morgan fingerprint density at radius 1 is 1.11 bits per heavy atom. The molecule has 7 heteroatoms. The zero-order chi connectivity index (χ0) is 20.1. The van der Waals surface area contributed by atoms with Crippen molar-refractivity contribution in [3.8, 4) is 0 Å². The first-order chi connectivity index (χ1) is 13.0. The van der Waals surface area contributed by atoms with Gasteiger partial charge in [-0.1, -0.05) is 19.4 Å². The molecule has 5 rings (SSSR count). The van der Waals surface area contributed by atoms with Crippen LogP contribution in [0.3, 0.4) is 0 Å². The molecule has 3 saturated carbocycles. The fourth-order valence-electron chi connectivity index (χ4n) is 7.87. The van der Waals surface area contributed by atoms with Crippen LogP contribution in [-0.4, -0.2) is 25.8 Å². The number of rotatable bonds is 1. The Hall–Kier alpha value is -1.05. The predicted octanol–water partition coefficient (Wildman–Crippen LogP) is 3.32. The Labute approximate surface area is 166 Å². The van der Waals surface area contributed by atoms with Gasteiger partial charge in [-0.25, -0.2) is 8.37 Å². The largest absolute Gasteiger partial charge is 0.405 e. The SMILES string of the molecule is CC(=O)[C@H]1CC[C@H]2[C@@H]3CCC4=CC(=O)CC5(OS(=O)(=O)O5)[C@]4(C)[C@H]3CC[C@]12C. The minimum absolute atomic E-state index is 0.0234. The number of Topliss-reactive ketones (excluding diaryl/α,β-unsaturated/α-hetero) is 1. The summed E-state index contributed by atoms with van der Waals surface area (Å²) in [6.45, 7) is 6.04. The quantitative estimate of drug-likeness (QED) is 0.661. The third kappa shape index (κ3) is 2.18. The van der Waals surface area contributed by atoms with Crippen LogP contribution in [-0.2, 0) is 28.4 Å². The summed E-state index contributed by atoms with van der Waals surface area (Å²) < 4.78 is 34.3. The second-order valence-corrected chi connectivity index (χ2v) is 11.2. The van der Waals surface area contributed by atoms with Crippen LogP contribution >= 0.6 is 0 Å². The fraction of sp³-hybridized carbons (Fsp3) is 0.810. The first-order valence-electron chi connectivity index (χ1n) is 10.4. The number of ketones is 2. The van der Waals surface area contributed by atoms with E-state index in [4.69, 9.17) is 8.37 Å². The van der Waals surface area contributed by atoms with E-state index in [2.05, 4.69) is 6.92 Å². The van der Waals surface area contributed by atoms with Gasteiger partial charge in [0, 0.05) is 11.3 Å². The van der Waals surface area contributed by atoms with Crippen LogP contribution in [0.4, 0.5) is 0 Å². The second-order valence-electron chi connectivity index (χ2n) is 10.0. The van der Waals surface area contributed by atoms with Gasteiger partial charge in [-0.05, 0) is 74.7 Å². The van der Waals surface area contributed by atoms with Gasteiger partial charge in [-0.3, -0.25) is 9.59 Å². The van der Waals surface area contributed by atoms with E-state index in [1.165, 1.54) is 0 Å². The van der Waals surface area contributed by atoms with E-state index in [-0.39, 0.29) is 29.5 Å². The second kappa shape index (κ2) is 5.55. The Balaban J connectivity index is 1.56. The van der Waals surface area contributed by atoms with Crippen molar-refractivity contribution >= 4 is 22.0 Å². The van der Waals surface area contributed by atoms with Gasteiger partial charge in [0.05, 0.1) is 6.42 Å². The molecule has 0 aromatic rings. The monoisotopic (exact) mass is 408 g/mol. The summed E-state index contributed by atoms with van der Waals surface area (Å²) in [5, 5.41) is 0. The topological polar surface area (TPSA) is 86.7 Å². The highest BCUT2D eigenvalue weighted by molar-refractivity contribution is 7.82. The lowest BCUT2D eigenvalue weighted by molar-refractivity contribution is -0.278. The van der Waals surface area contributed by atoms with E-state index in [1.807, 2.05) is 6.92 Å². The van der Waals surface area contributed by atoms with E-state index in [1.54, 1.807) is 13.0 Å². The summed E-state index contributed by atoms with van der Waals surface area (Å²) in [6, 6.07) is 0. The highest BCUT2D eigenvalue weighted by atomic mass is 32.3. The van der Waals surface area contributed by atoms with Crippen molar-refractivity contribution in [2.45, 2.75) is 71.5 Å². The molecule has 0 N–H and O–H groups in total. The highest BCUT2D eigenvalue weighted by Gasteiger charge is 2.72. The molecule has 0 bridgehead atoms. The minimum Gasteiger partial charge on any atom is -0.300 e. The van der Waals surface area contributed by atoms with Crippen LogP contribution in [0.1, 0.15) is 65.7 Å². The average Bonchev–Trinajstić information content (AvgIpc) is 2.92. The summed E-state index contributed by atoms with van der Waals surface area (Å²) in [7, 11) is -4.01. The van der Waals surface area contributed by atoms with Crippen LogP contribution in [0.25, 0.3) is 0 Å². The van der Waals surface area contributed by atoms with Gasteiger partial charge >= 0.3 is 10.4 Å². The van der Waals surface area contributed by atoms with Crippen molar-refractivity contribution in [3.63, 3.8) is 0 Å². The first-order valence-corrected chi connectivity index (χ1v) is 11.8. The van der Waals surface area contributed by atoms with E-state index in [0.717, 1.165) is 44.1 Å². The van der Waals surface area contributed by atoms with Gasteiger partial charge in [-0.15, -0.1) is 0 Å². The van der Waals surface area contributed by atoms with Crippen LogP contribution < -0.4 is 0 Å². The van der Waals surface area contributed by atoms with Gasteiger partial charge in [-0.2, -0.15) is 8.42 Å². The summed E-state index contributed by atoms with van der Waals surface area (Å²) in [4.78, 5) is 24.6. The Morgan fingerprint density at radius 3 is 2.46 bits per heavy atom. The van der Waals surface area contributed by atoms with Gasteiger partial charge in [0.2, 0.25) is 5.79 Å². The molecule has 1 saturated heterocycles. The van der Waals surface area contributed by atoms with Crippen molar-refractivity contribution < 1.29 is 26.4 Å². The third-order valence-corrected chi connectivity index (χ3v) is 10.0. The van der Waals surface area contributed by atoms with Crippen LogP contribution in [0.5, 0.6) is 0 Å². The lowest BCUT2D eigenvalue weighted by atomic mass is 9.45. The smallest absolute Gasteiger partial charge is 0.300 e. The predicted molar refractivity (Wildman–Crippen MR) is 100 cm³/mol. The maximum Gasteiger partial charge on any atom is 0.405 e. The molecular weight excluding hydrogens is 380 g/mol. The molecule has 0 radical (unpaired) electrons. The number of carbonyl (C=O) groups excluding carboxylic acids is 2. The average molecular weight is 409 g/mol. The standard InChI is InChI=1S/C21H28O6S/c1-12(22)16-6-7-17-15-5-4-13-10-14(23)11-21(26-28(24,25)27-21)20(13,3)18(15)8-9-19(16,17)2/h10,15-18H,4-9,11H2,1-3H3/t15-,16+,17-,18-,19+,20-/m0/s1. The Kier molecular flexibility index (Phi) is 3.76. The Bertz CT molecular complexity index is 892. The van der Waals surface area contributed by atoms with E-state index < -0.39 is 21.6 Å². The normalized spacial score (nSPS) is 48.1. The summed E-state index contributed by atoms with van der Waals surface area (Å²) in [6.07, 6.45) is 7.24. The zero-order valence-corrected chi connectivity index (χ0v) is 17.5. The van der Waals surface area contributed by atoms with Crippen molar-refractivity contribution in [3.05, 3.63) is 11.6 Å². The molecule has 1 spiro atoms. The molecule has 4 aliphatic carbocycles. The van der Waals surface area contributed by atoms with Gasteiger partial charge in [0.25, 0.3) is 0 Å². The molecule has 0 amide bonds. The molecule has 6 atom stereocenters. The van der Waals surface area contributed by atoms with E-state index in [0.29, 0.717) is 17.6 Å². The van der Waals surface area contributed by atoms with Gasteiger partial charge in [0.15, 0.2) is 5.78 Å². The summed E-state index contributed by atoms with van der Waals surface area (Å²) in [5.74, 6) is -0.0540. The van der Waals surface area contributed by atoms with Crippen molar-refractivity contribution in [2.24, 2.45) is 34.5 Å². The molecular formula is C21H28O6S. The molecule has 1 heterocycles. The van der Waals surface area contributed by atoms with Crippen molar-refractivity contribution in [2.75, 3.05) is 0 Å². The summed E-state index contributed by atoms with van der Waals surface area (Å²) in [5.41, 5.74) is 0.380. The molecule has 0 aromatic carbocycles. The summed E-state index contributed by atoms with van der Waals surface area (Å²) >= 11 is 0. The van der Waals surface area contributed by atoms with E-state index >= 15 is 0 Å². The molecule has 5 aliphatic rings. The number of hydrogen-bond acceptors (Lipinski definition) is 6. The number of hydrogen-bond donors (Lipinski definition) is 0. The molecule has 6 nitrogen and oxygen atoms in total. The lowest BCUT2D eigenvalue weighted by Gasteiger charge is -2.63. The molecule has 1 aliphatic heterocycles. The van der Waals surface area contributed by atoms with Crippen molar-refractivity contribution in [1.82, 2.24) is 0 Å². The van der Waals surface area contributed by atoms with Crippen LogP contribution in [0.15, 0.2) is 11.6 Å². The molecule has 28 heavy (non-hydrogen) atoms. The lowest BCUT2D eigenvalue weighted by Crippen LogP contribution is -2.68. The highest BCUT2D eigenvalue weighted by Crippen LogP contribution is 2.70. The molecule has 0 aromatic heterocycles. The molecule has 154 valence electrons. The maximum absolute atomic E-state index is 12.3. The van der Waals surface area contributed by atoms with Crippen molar-refractivity contribution in [1.29, 1.82) is 0 Å². The zero-order valence-electron chi connectivity index (χ0n) is 16.7. The minimum atomic E-state index is -4.01. The molecule has 4 fully saturated rings. The number of carbonyl (C=O) groups is 2. The first kappa shape index (κ1) is 18.9. The third-order valence-electron chi connectivity index (χ3n) is 9.09. The molecule has 0 unspecified atom stereocenters. The maximum atomic E-state index is 12.3.